The van der Waals surface area contributed by atoms with Gasteiger partial charge in [-0.3, -0.25) is 0 Å². The first-order valence-corrected chi connectivity index (χ1v) is 6.96. The number of hydrogen-bond donors (Lipinski definition) is 1. The van der Waals surface area contributed by atoms with Crippen LogP contribution < -0.4 is 5.32 Å². The van der Waals surface area contributed by atoms with Gasteiger partial charge < -0.3 is 9.88 Å². The monoisotopic (exact) mass is 277 g/mol. The Hall–Kier alpha value is -1.32. The number of hydrogen-bond acceptors (Lipinski definition) is 2. The van der Waals surface area contributed by atoms with E-state index in [9.17, 15) is 0 Å². The highest BCUT2D eigenvalue weighted by Gasteiger charge is 2.11. The minimum atomic E-state index is 0.261. The molecule has 0 fully saturated rings. The predicted octanol–water partition coefficient (Wildman–Crippen LogP) is 3.81. The van der Waals surface area contributed by atoms with Gasteiger partial charge in [-0.15, -0.1) is 0 Å². The second kappa shape index (κ2) is 5.76. The molecule has 1 heterocycles. The molecule has 1 atom stereocenters. The van der Waals surface area contributed by atoms with Crippen LogP contribution in [0.25, 0.3) is 5.69 Å². The second-order valence-corrected chi connectivity index (χ2v) is 5.18. The SMILES string of the molecule is CCNC(C)c1ccc(-n2cnc(C)c2C)cc1Cl. The zero-order valence-electron chi connectivity index (χ0n) is 11.9. The molecule has 0 amide bonds. The van der Waals surface area contributed by atoms with E-state index in [0.717, 1.165) is 34.2 Å². The predicted molar refractivity (Wildman–Crippen MR) is 80.1 cm³/mol. The summed E-state index contributed by atoms with van der Waals surface area (Å²) in [5, 5.41) is 4.16. The number of imidazole rings is 1. The highest BCUT2D eigenvalue weighted by molar-refractivity contribution is 6.31. The van der Waals surface area contributed by atoms with Gasteiger partial charge >= 0.3 is 0 Å². The molecule has 0 aliphatic rings. The molecule has 1 N–H and O–H groups in total. The number of benzene rings is 1. The normalized spacial score (nSPS) is 12.7. The van der Waals surface area contributed by atoms with Crippen LogP contribution in [0.2, 0.25) is 5.02 Å². The summed E-state index contributed by atoms with van der Waals surface area (Å²) >= 11 is 6.40. The Morgan fingerprint density at radius 3 is 2.63 bits per heavy atom. The molecule has 2 rings (SSSR count). The lowest BCUT2D eigenvalue weighted by atomic mass is 10.1. The topological polar surface area (TPSA) is 29.9 Å². The Morgan fingerprint density at radius 2 is 2.11 bits per heavy atom. The summed E-state index contributed by atoms with van der Waals surface area (Å²) in [4.78, 5) is 4.32. The van der Waals surface area contributed by atoms with Gasteiger partial charge in [0.25, 0.3) is 0 Å². The van der Waals surface area contributed by atoms with Crippen molar-refractivity contribution in [2.24, 2.45) is 0 Å². The lowest BCUT2D eigenvalue weighted by molar-refractivity contribution is 0.598. The van der Waals surface area contributed by atoms with Crippen LogP contribution in [0.3, 0.4) is 0 Å². The maximum absolute atomic E-state index is 6.40. The van der Waals surface area contributed by atoms with Crippen LogP contribution in [-0.4, -0.2) is 16.1 Å². The Balaban J connectivity index is 2.36. The van der Waals surface area contributed by atoms with Crippen molar-refractivity contribution in [3.8, 4) is 5.69 Å². The maximum Gasteiger partial charge on any atom is 0.0997 e. The van der Waals surface area contributed by atoms with Crippen molar-refractivity contribution in [3.63, 3.8) is 0 Å². The van der Waals surface area contributed by atoms with Gasteiger partial charge in [-0.25, -0.2) is 4.98 Å². The standard InChI is InChI=1S/C15H20ClN3/c1-5-17-11(3)14-7-6-13(8-15(14)16)19-9-18-10(2)12(19)4/h6-9,11,17H,5H2,1-4H3. The number of aryl methyl sites for hydroxylation is 1. The number of nitrogens with one attached hydrogen (secondary N) is 1. The van der Waals surface area contributed by atoms with E-state index < -0.39 is 0 Å². The number of aromatic nitrogens is 2. The van der Waals surface area contributed by atoms with E-state index in [1.165, 1.54) is 0 Å². The molecular weight excluding hydrogens is 258 g/mol. The first-order valence-electron chi connectivity index (χ1n) is 6.58. The van der Waals surface area contributed by atoms with Gasteiger partial charge in [0.05, 0.1) is 12.0 Å². The molecule has 19 heavy (non-hydrogen) atoms. The minimum absolute atomic E-state index is 0.261. The fourth-order valence-corrected chi connectivity index (χ4v) is 2.53. The molecule has 0 saturated carbocycles. The highest BCUT2D eigenvalue weighted by atomic mass is 35.5. The third kappa shape index (κ3) is 2.82. The first kappa shape index (κ1) is 14.1. The van der Waals surface area contributed by atoms with Gasteiger partial charge in [0, 0.05) is 22.4 Å². The lowest BCUT2D eigenvalue weighted by Crippen LogP contribution is -2.18. The second-order valence-electron chi connectivity index (χ2n) is 4.77. The van der Waals surface area contributed by atoms with Crippen LogP contribution in [0.1, 0.15) is 36.8 Å². The lowest BCUT2D eigenvalue weighted by Gasteiger charge is -2.16. The average molecular weight is 278 g/mol. The molecule has 1 aromatic heterocycles. The zero-order valence-corrected chi connectivity index (χ0v) is 12.6. The van der Waals surface area contributed by atoms with Crippen LogP contribution in [0.5, 0.6) is 0 Å². The summed E-state index contributed by atoms with van der Waals surface area (Å²) in [6, 6.07) is 6.43. The molecule has 0 aliphatic carbocycles. The van der Waals surface area contributed by atoms with E-state index in [2.05, 4.69) is 47.8 Å². The van der Waals surface area contributed by atoms with Crippen LogP contribution in [0.15, 0.2) is 24.5 Å². The molecule has 0 spiro atoms. The van der Waals surface area contributed by atoms with Crippen LogP contribution >= 0.6 is 11.6 Å². The highest BCUT2D eigenvalue weighted by Crippen LogP contribution is 2.26. The van der Waals surface area contributed by atoms with E-state index >= 15 is 0 Å². The Bertz CT molecular complexity index is 575. The third-order valence-electron chi connectivity index (χ3n) is 3.49. The summed E-state index contributed by atoms with van der Waals surface area (Å²) in [5.41, 5.74) is 4.36. The summed E-state index contributed by atoms with van der Waals surface area (Å²) in [6.07, 6.45) is 1.84. The van der Waals surface area contributed by atoms with Crippen molar-refractivity contribution in [3.05, 3.63) is 46.5 Å². The van der Waals surface area contributed by atoms with E-state index in [-0.39, 0.29) is 6.04 Å². The molecular formula is C15H20ClN3. The maximum atomic E-state index is 6.40. The van der Waals surface area contributed by atoms with Gasteiger partial charge in [0.1, 0.15) is 0 Å². The molecule has 102 valence electrons. The molecule has 2 aromatic rings. The van der Waals surface area contributed by atoms with Crippen LogP contribution in [-0.2, 0) is 0 Å². The average Bonchev–Trinajstić information content (AvgIpc) is 2.70. The van der Waals surface area contributed by atoms with Crippen molar-refractivity contribution >= 4 is 11.6 Å². The molecule has 3 nitrogen and oxygen atoms in total. The zero-order chi connectivity index (χ0) is 14.0. The van der Waals surface area contributed by atoms with E-state index in [1.807, 2.05) is 19.3 Å². The molecule has 4 heteroatoms. The van der Waals surface area contributed by atoms with Gasteiger partial charge in [0.2, 0.25) is 0 Å². The molecule has 1 aromatic carbocycles. The fraction of sp³-hybridized carbons (Fsp3) is 0.400. The van der Waals surface area contributed by atoms with Gasteiger partial charge in [-0.1, -0.05) is 24.6 Å². The van der Waals surface area contributed by atoms with E-state index in [4.69, 9.17) is 11.6 Å². The summed E-state index contributed by atoms with van der Waals surface area (Å²) in [5.74, 6) is 0. The molecule has 0 radical (unpaired) electrons. The Morgan fingerprint density at radius 1 is 1.37 bits per heavy atom. The van der Waals surface area contributed by atoms with E-state index in [1.54, 1.807) is 0 Å². The van der Waals surface area contributed by atoms with Gasteiger partial charge in [0.15, 0.2) is 0 Å². The van der Waals surface area contributed by atoms with Gasteiger partial charge in [-0.2, -0.15) is 0 Å². The van der Waals surface area contributed by atoms with Crippen molar-refractivity contribution in [1.29, 1.82) is 0 Å². The quantitative estimate of drug-likeness (QED) is 0.921. The number of rotatable bonds is 4. The fourth-order valence-electron chi connectivity index (χ4n) is 2.19. The molecule has 0 bridgehead atoms. The minimum Gasteiger partial charge on any atom is -0.310 e. The third-order valence-corrected chi connectivity index (χ3v) is 3.82. The largest absolute Gasteiger partial charge is 0.310 e. The van der Waals surface area contributed by atoms with Crippen LogP contribution in [0.4, 0.5) is 0 Å². The van der Waals surface area contributed by atoms with E-state index in [0.29, 0.717) is 0 Å². The van der Waals surface area contributed by atoms with Crippen LogP contribution in [0, 0.1) is 13.8 Å². The molecule has 1 unspecified atom stereocenters. The number of nitrogens with zero attached hydrogens (tertiary/aromatic N) is 2. The first-order chi connectivity index (χ1) is 9.04. The van der Waals surface area contributed by atoms with Crippen molar-refractivity contribution in [2.45, 2.75) is 33.7 Å². The van der Waals surface area contributed by atoms with Crippen molar-refractivity contribution < 1.29 is 0 Å². The van der Waals surface area contributed by atoms with Crippen molar-refractivity contribution in [2.75, 3.05) is 6.54 Å². The van der Waals surface area contributed by atoms with Gasteiger partial charge in [-0.05, 0) is 45.0 Å². The Kier molecular flexibility index (Phi) is 4.27. The molecule has 0 aliphatic heterocycles. The Labute approximate surface area is 119 Å². The smallest absolute Gasteiger partial charge is 0.0997 e. The van der Waals surface area contributed by atoms with Crippen molar-refractivity contribution in [1.82, 2.24) is 14.9 Å². The summed E-state index contributed by atoms with van der Waals surface area (Å²) in [6.45, 7) is 9.22. The summed E-state index contributed by atoms with van der Waals surface area (Å²) in [7, 11) is 0. The summed E-state index contributed by atoms with van der Waals surface area (Å²) < 4.78 is 2.06. The number of halogens is 1. The molecule has 0 saturated heterocycles.